The predicted octanol–water partition coefficient (Wildman–Crippen LogP) is 3.87. The number of aromatic nitrogens is 2. The van der Waals surface area contributed by atoms with Crippen LogP contribution in [0.3, 0.4) is 0 Å². The van der Waals surface area contributed by atoms with Gasteiger partial charge in [0.25, 0.3) is 5.91 Å². The maximum Gasteiger partial charge on any atom is 0.279 e. The third-order valence-corrected chi connectivity index (χ3v) is 5.53. The molecule has 0 radical (unpaired) electrons. The Hall–Kier alpha value is -2.28. The normalized spacial score (nSPS) is 17.8. The van der Waals surface area contributed by atoms with Crippen molar-refractivity contribution in [2.24, 2.45) is 7.05 Å². The smallest absolute Gasteiger partial charge is 0.279 e. The van der Waals surface area contributed by atoms with Crippen LogP contribution in [0.4, 0.5) is 15.9 Å². The quantitative estimate of drug-likeness (QED) is 0.365. The fourth-order valence-corrected chi connectivity index (χ4v) is 3.90. The maximum absolute atomic E-state index is 14.5. The van der Waals surface area contributed by atoms with Crippen LogP contribution in [-0.2, 0) is 21.4 Å². The zero-order valence-corrected chi connectivity index (χ0v) is 19.4. The van der Waals surface area contributed by atoms with Crippen LogP contribution in [0.2, 0.25) is 0 Å². The molecule has 0 saturated carbocycles. The third kappa shape index (κ3) is 4.66. The highest BCUT2D eigenvalue weighted by atomic mass is 127. The summed E-state index contributed by atoms with van der Waals surface area (Å²) in [5.41, 5.74) is 3.59. The number of benzene rings is 1. The van der Waals surface area contributed by atoms with E-state index in [1.807, 2.05) is 36.4 Å². The molecule has 1 saturated heterocycles. The molecule has 1 atom stereocenters. The Morgan fingerprint density at radius 2 is 2.23 bits per heavy atom. The van der Waals surface area contributed by atoms with Crippen LogP contribution in [-0.4, -0.2) is 40.6 Å². The van der Waals surface area contributed by atoms with Crippen LogP contribution >= 0.6 is 22.6 Å². The summed E-state index contributed by atoms with van der Waals surface area (Å²) in [5, 5.41) is 3.64. The number of hydroxylamine groups is 1. The van der Waals surface area contributed by atoms with Crippen molar-refractivity contribution in [1.29, 1.82) is 0 Å². The van der Waals surface area contributed by atoms with Gasteiger partial charge >= 0.3 is 0 Å². The molecule has 3 heterocycles. The number of amides is 1. The first kappa shape index (κ1) is 21.9. The highest BCUT2D eigenvalue weighted by Crippen LogP contribution is 2.31. The fraction of sp³-hybridized carbons (Fsp3) is 0.333. The number of pyridine rings is 1. The van der Waals surface area contributed by atoms with E-state index in [-0.39, 0.29) is 18.4 Å². The van der Waals surface area contributed by atoms with E-state index in [4.69, 9.17) is 14.3 Å². The molecular weight excluding hydrogens is 518 g/mol. The van der Waals surface area contributed by atoms with E-state index in [0.717, 1.165) is 3.57 Å². The second-order valence-electron chi connectivity index (χ2n) is 7.60. The second-order valence-corrected chi connectivity index (χ2v) is 8.84. The number of anilines is 2. The summed E-state index contributed by atoms with van der Waals surface area (Å²) < 4.78 is 28.1. The zero-order chi connectivity index (χ0) is 22.2. The lowest BCUT2D eigenvalue weighted by atomic mass is 10.2. The van der Waals surface area contributed by atoms with E-state index >= 15 is 0 Å². The molecule has 3 aromatic rings. The van der Waals surface area contributed by atoms with Gasteiger partial charge in [0.2, 0.25) is 0 Å². The van der Waals surface area contributed by atoms with Crippen molar-refractivity contribution in [1.82, 2.24) is 15.0 Å². The molecule has 0 spiro atoms. The predicted molar refractivity (Wildman–Crippen MR) is 121 cm³/mol. The van der Waals surface area contributed by atoms with Gasteiger partial charge in [0, 0.05) is 22.2 Å². The van der Waals surface area contributed by atoms with Crippen molar-refractivity contribution >= 4 is 51.0 Å². The molecular formula is C21H22FIN4O4. The zero-order valence-electron chi connectivity index (χ0n) is 17.2. The lowest BCUT2D eigenvalue weighted by Gasteiger charge is -2.17. The Balaban J connectivity index is 1.58. The molecule has 10 heteroatoms. The molecule has 31 heavy (non-hydrogen) atoms. The molecule has 8 nitrogen and oxygen atoms in total. The van der Waals surface area contributed by atoms with Crippen molar-refractivity contribution < 1.29 is 23.5 Å². The average molecular weight is 540 g/mol. The van der Waals surface area contributed by atoms with Crippen LogP contribution in [0, 0.1) is 9.39 Å². The molecule has 1 aliphatic rings. The fourth-order valence-electron chi connectivity index (χ4n) is 3.45. The molecule has 0 aliphatic carbocycles. The number of nitrogens with zero attached hydrogens (tertiary/aromatic N) is 2. The molecule has 0 bridgehead atoms. The Morgan fingerprint density at radius 1 is 1.42 bits per heavy atom. The molecule has 1 aliphatic heterocycles. The number of ether oxygens (including phenoxy) is 2. The highest BCUT2D eigenvalue weighted by molar-refractivity contribution is 14.1. The van der Waals surface area contributed by atoms with E-state index < -0.39 is 17.5 Å². The van der Waals surface area contributed by atoms with E-state index in [1.54, 1.807) is 42.1 Å². The van der Waals surface area contributed by atoms with Gasteiger partial charge in [-0.15, -0.1) is 0 Å². The van der Waals surface area contributed by atoms with Gasteiger partial charge in [0.1, 0.15) is 30.0 Å². The van der Waals surface area contributed by atoms with E-state index in [0.29, 0.717) is 29.0 Å². The minimum Gasteiger partial charge on any atom is -0.348 e. The van der Waals surface area contributed by atoms with Crippen molar-refractivity contribution in [3.63, 3.8) is 0 Å². The van der Waals surface area contributed by atoms with Crippen molar-refractivity contribution in [2.45, 2.75) is 25.7 Å². The van der Waals surface area contributed by atoms with Gasteiger partial charge in [-0.3, -0.25) is 9.63 Å². The lowest BCUT2D eigenvalue weighted by Crippen LogP contribution is -2.30. The third-order valence-electron chi connectivity index (χ3n) is 4.86. The van der Waals surface area contributed by atoms with Gasteiger partial charge in [-0.1, -0.05) is 0 Å². The number of aryl methyl sites for hydroxylation is 1. The molecule has 1 amide bonds. The number of nitrogens with one attached hydrogen (secondary N) is 2. The lowest BCUT2D eigenvalue weighted by molar-refractivity contribution is -0.147. The largest absolute Gasteiger partial charge is 0.348 e. The maximum atomic E-state index is 14.5. The summed E-state index contributed by atoms with van der Waals surface area (Å²) in [4.78, 5) is 22.8. The number of carbonyl (C=O) groups is 1. The summed E-state index contributed by atoms with van der Waals surface area (Å²) in [6, 6.07) is 8.34. The Morgan fingerprint density at radius 3 is 2.94 bits per heavy atom. The first-order valence-electron chi connectivity index (χ1n) is 9.64. The van der Waals surface area contributed by atoms with Gasteiger partial charge in [0.15, 0.2) is 5.79 Å². The van der Waals surface area contributed by atoms with Crippen molar-refractivity contribution in [3.8, 4) is 0 Å². The Labute approximate surface area is 192 Å². The molecule has 164 valence electrons. The number of hydrogen-bond acceptors (Lipinski definition) is 6. The standard InChI is InChI=1S/C21H22FIN4O4/c1-21(2)29-10-13(31-21)11-30-26-20(28)17-14-5-4-8-24-18(14)27(3)19(17)25-16-7-6-12(23)9-15(16)22/h4-9,13,25H,10-11H2,1-3H3,(H,26,28)/t13-/m1/s1. The van der Waals surface area contributed by atoms with Gasteiger partial charge in [-0.25, -0.2) is 14.9 Å². The summed E-state index contributed by atoms with van der Waals surface area (Å²) in [6.45, 7) is 4.14. The minimum absolute atomic E-state index is 0.132. The summed E-state index contributed by atoms with van der Waals surface area (Å²) in [7, 11) is 1.76. The molecule has 1 fully saturated rings. The first-order chi connectivity index (χ1) is 14.7. The van der Waals surface area contributed by atoms with Gasteiger partial charge < -0.3 is 19.4 Å². The van der Waals surface area contributed by atoms with Crippen LogP contribution in [0.15, 0.2) is 36.5 Å². The molecule has 2 aromatic heterocycles. The summed E-state index contributed by atoms with van der Waals surface area (Å²) in [6.07, 6.45) is 1.34. The number of hydrogen-bond donors (Lipinski definition) is 2. The average Bonchev–Trinajstić information content (AvgIpc) is 3.21. The van der Waals surface area contributed by atoms with Crippen LogP contribution < -0.4 is 10.8 Å². The van der Waals surface area contributed by atoms with Gasteiger partial charge in [-0.05, 0) is 66.8 Å². The second kappa shape index (κ2) is 8.69. The monoisotopic (exact) mass is 540 g/mol. The van der Waals surface area contributed by atoms with Crippen LogP contribution in [0.1, 0.15) is 24.2 Å². The van der Waals surface area contributed by atoms with Crippen LogP contribution in [0.25, 0.3) is 11.0 Å². The molecule has 0 unspecified atom stereocenters. The minimum atomic E-state index is -0.673. The van der Waals surface area contributed by atoms with Crippen molar-refractivity contribution in [2.75, 3.05) is 18.5 Å². The van der Waals surface area contributed by atoms with Gasteiger partial charge in [-0.2, -0.15) is 0 Å². The highest BCUT2D eigenvalue weighted by Gasteiger charge is 2.33. The number of rotatable bonds is 6. The Kier molecular flexibility index (Phi) is 6.15. The number of halogens is 2. The Bertz CT molecular complexity index is 1130. The van der Waals surface area contributed by atoms with E-state index in [9.17, 15) is 9.18 Å². The SMILES string of the molecule is Cn1c(Nc2ccc(I)cc2F)c(C(=O)NOC[C@H]2COC(C)(C)O2)c2cccnc21. The van der Waals surface area contributed by atoms with E-state index in [1.165, 1.54) is 6.07 Å². The first-order valence-corrected chi connectivity index (χ1v) is 10.7. The van der Waals surface area contributed by atoms with Crippen LogP contribution in [0.5, 0.6) is 0 Å². The summed E-state index contributed by atoms with van der Waals surface area (Å²) >= 11 is 2.04. The molecule has 1 aromatic carbocycles. The van der Waals surface area contributed by atoms with Crippen molar-refractivity contribution in [3.05, 3.63) is 51.5 Å². The number of carbonyl (C=O) groups excluding carboxylic acids is 1. The van der Waals surface area contributed by atoms with E-state index in [2.05, 4.69) is 15.8 Å². The number of fused-ring (bicyclic) bond motifs is 1. The van der Waals surface area contributed by atoms with Gasteiger partial charge in [0.05, 0.1) is 17.9 Å². The topological polar surface area (TPSA) is 86.6 Å². The summed E-state index contributed by atoms with van der Waals surface area (Å²) in [5.74, 6) is -1.18. The molecule has 2 N–H and O–H groups in total. The molecule has 4 rings (SSSR count).